The maximum atomic E-state index is 13.8. The van der Waals surface area contributed by atoms with E-state index in [0.29, 0.717) is 16.8 Å². The molecule has 162 valence electrons. The second kappa shape index (κ2) is 8.49. The van der Waals surface area contributed by atoms with Gasteiger partial charge in [-0.2, -0.15) is 5.26 Å². The Morgan fingerprint density at radius 3 is 2.03 bits per heavy atom. The number of carbonyl (C=O) groups excluding carboxylic acids is 1. The highest BCUT2D eigenvalue weighted by Gasteiger charge is 2.56. The number of hydrogen-bond donors (Lipinski definition) is 1. The summed E-state index contributed by atoms with van der Waals surface area (Å²) in [4.78, 5) is 16.9. The molecule has 5 nitrogen and oxygen atoms in total. The van der Waals surface area contributed by atoms with Gasteiger partial charge in [-0.3, -0.25) is 9.80 Å². The van der Waals surface area contributed by atoms with Gasteiger partial charge in [0.15, 0.2) is 5.72 Å². The minimum absolute atomic E-state index is 0.309. The minimum atomic E-state index is -1.65. The summed E-state index contributed by atoms with van der Waals surface area (Å²) >= 11 is 0. The molecule has 3 aromatic carbocycles. The smallest absolute Gasteiger partial charge is 0.332 e. The number of benzene rings is 3. The van der Waals surface area contributed by atoms with Crippen molar-refractivity contribution in [2.75, 3.05) is 9.80 Å². The third-order valence-electron chi connectivity index (χ3n) is 6.35. The van der Waals surface area contributed by atoms with Gasteiger partial charge >= 0.3 is 6.03 Å². The van der Waals surface area contributed by atoms with Crippen LogP contribution in [0.15, 0.2) is 72.8 Å². The van der Waals surface area contributed by atoms with Crippen LogP contribution in [0.25, 0.3) is 0 Å². The van der Waals surface area contributed by atoms with Gasteiger partial charge < -0.3 is 5.11 Å². The first-order valence-electron chi connectivity index (χ1n) is 11.0. The molecule has 0 aromatic heterocycles. The van der Waals surface area contributed by atoms with Crippen LogP contribution >= 0.6 is 0 Å². The second-order valence-electron chi connectivity index (χ2n) is 8.12. The van der Waals surface area contributed by atoms with Crippen LogP contribution in [0, 0.1) is 11.3 Å². The van der Waals surface area contributed by atoms with E-state index >= 15 is 0 Å². The van der Waals surface area contributed by atoms with Gasteiger partial charge in [0.25, 0.3) is 0 Å². The van der Waals surface area contributed by atoms with E-state index < -0.39 is 11.8 Å². The van der Waals surface area contributed by atoms with Crippen molar-refractivity contribution in [1.82, 2.24) is 0 Å². The third-order valence-corrected chi connectivity index (χ3v) is 6.35. The van der Waals surface area contributed by atoms with Gasteiger partial charge in [0.2, 0.25) is 0 Å². The lowest BCUT2D eigenvalue weighted by Gasteiger charge is -2.35. The summed E-state index contributed by atoms with van der Waals surface area (Å²) in [6.07, 6.45) is 1.79. The predicted octanol–water partition coefficient (Wildman–Crippen LogP) is 5.36. The summed E-state index contributed by atoms with van der Waals surface area (Å²) in [6.45, 7) is 6.00. The molecule has 0 saturated carbocycles. The number of rotatable bonds is 5. The molecule has 0 aliphatic carbocycles. The Morgan fingerprint density at radius 1 is 0.938 bits per heavy atom. The highest BCUT2D eigenvalue weighted by molar-refractivity contribution is 6.08. The lowest BCUT2D eigenvalue weighted by molar-refractivity contribution is 0.0372. The summed E-state index contributed by atoms with van der Waals surface area (Å²) < 4.78 is 0. The first kappa shape index (κ1) is 21.6. The Morgan fingerprint density at radius 2 is 1.50 bits per heavy atom. The monoisotopic (exact) mass is 425 g/mol. The predicted molar refractivity (Wildman–Crippen MR) is 127 cm³/mol. The first-order valence-corrected chi connectivity index (χ1v) is 11.0. The van der Waals surface area contributed by atoms with Crippen molar-refractivity contribution in [3.63, 3.8) is 0 Å². The minimum Gasteiger partial charge on any atom is -0.365 e. The fraction of sp³-hybridized carbons (Fsp3) is 0.259. The molecule has 2 atom stereocenters. The maximum Gasteiger partial charge on any atom is 0.332 e. The van der Waals surface area contributed by atoms with E-state index in [1.54, 1.807) is 29.2 Å². The highest BCUT2D eigenvalue weighted by atomic mass is 16.3. The van der Waals surface area contributed by atoms with E-state index in [2.05, 4.69) is 19.9 Å². The Bertz CT molecular complexity index is 1160. The molecule has 1 N–H and O–H groups in total. The number of aliphatic hydroxyl groups is 1. The summed E-state index contributed by atoms with van der Waals surface area (Å²) in [6, 6.07) is 23.6. The molecule has 0 bridgehead atoms. The molecule has 1 unspecified atom stereocenters. The number of anilines is 2. The molecule has 1 aliphatic heterocycles. The van der Waals surface area contributed by atoms with E-state index in [1.165, 1.54) is 10.5 Å². The molecule has 2 amide bonds. The van der Waals surface area contributed by atoms with E-state index in [4.69, 9.17) is 0 Å². The van der Waals surface area contributed by atoms with E-state index in [-0.39, 0.29) is 6.03 Å². The fourth-order valence-electron chi connectivity index (χ4n) is 4.39. The van der Waals surface area contributed by atoms with Gasteiger partial charge in [-0.15, -0.1) is 0 Å². The Kier molecular flexibility index (Phi) is 5.73. The van der Waals surface area contributed by atoms with Crippen LogP contribution in [0.2, 0.25) is 0 Å². The number of aryl methyl sites for hydroxylation is 2. The van der Waals surface area contributed by atoms with E-state index in [9.17, 15) is 15.2 Å². The molecule has 5 heteroatoms. The SMILES string of the molecule is CCc1ccc(N2C(=O)N(c3ccc(CC)cc3)C(O)(c3cccc(C#N)c3)[C@H]2C)cc1. The van der Waals surface area contributed by atoms with Crippen molar-refractivity contribution >= 4 is 17.4 Å². The van der Waals surface area contributed by atoms with Gasteiger partial charge in [-0.05, 0) is 67.3 Å². The molecule has 1 heterocycles. The van der Waals surface area contributed by atoms with Crippen molar-refractivity contribution in [1.29, 1.82) is 5.26 Å². The quantitative estimate of drug-likeness (QED) is 0.598. The average Bonchev–Trinajstić information content (AvgIpc) is 3.05. The second-order valence-corrected chi connectivity index (χ2v) is 8.12. The van der Waals surface area contributed by atoms with Crippen molar-refractivity contribution in [3.05, 3.63) is 95.1 Å². The molecule has 0 spiro atoms. The van der Waals surface area contributed by atoms with Gasteiger partial charge in [-0.1, -0.05) is 50.2 Å². The number of carbonyl (C=O) groups is 1. The normalized spacial score (nSPS) is 20.5. The van der Waals surface area contributed by atoms with Gasteiger partial charge in [0, 0.05) is 16.9 Å². The van der Waals surface area contributed by atoms with Crippen LogP contribution in [-0.2, 0) is 18.6 Å². The summed E-state index contributed by atoms with van der Waals surface area (Å²) in [5.41, 5.74) is 2.94. The van der Waals surface area contributed by atoms with Crippen LogP contribution in [0.5, 0.6) is 0 Å². The maximum absolute atomic E-state index is 13.8. The molecule has 32 heavy (non-hydrogen) atoms. The molecular weight excluding hydrogens is 398 g/mol. The zero-order valence-corrected chi connectivity index (χ0v) is 18.6. The average molecular weight is 426 g/mol. The van der Waals surface area contributed by atoms with Crippen LogP contribution in [-0.4, -0.2) is 17.2 Å². The molecule has 3 aromatic rings. The molecule has 1 aliphatic rings. The number of nitrogens with zero attached hydrogens (tertiary/aromatic N) is 3. The number of nitriles is 1. The zero-order chi connectivity index (χ0) is 22.9. The van der Waals surface area contributed by atoms with Crippen LogP contribution < -0.4 is 9.80 Å². The third kappa shape index (κ3) is 3.43. The Labute approximate surface area is 189 Å². The zero-order valence-electron chi connectivity index (χ0n) is 18.6. The molecular formula is C27H27N3O2. The number of amides is 2. The Balaban J connectivity index is 1.88. The molecule has 1 saturated heterocycles. The van der Waals surface area contributed by atoms with Crippen molar-refractivity contribution in [2.24, 2.45) is 0 Å². The largest absolute Gasteiger partial charge is 0.365 e. The van der Waals surface area contributed by atoms with Crippen LogP contribution in [0.1, 0.15) is 43.0 Å². The van der Waals surface area contributed by atoms with Gasteiger partial charge in [0.05, 0.1) is 17.7 Å². The van der Waals surface area contributed by atoms with Crippen molar-refractivity contribution < 1.29 is 9.90 Å². The van der Waals surface area contributed by atoms with Gasteiger partial charge in [0.1, 0.15) is 0 Å². The highest BCUT2D eigenvalue weighted by Crippen LogP contribution is 2.44. The molecule has 0 radical (unpaired) electrons. The van der Waals surface area contributed by atoms with Crippen LogP contribution in [0.3, 0.4) is 0 Å². The Hall–Kier alpha value is -3.62. The lowest BCUT2D eigenvalue weighted by Crippen LogP contribution is -2.48. The lowest BCUT2D eigenvalue weighted by atomic mass is 9.93. The number of urea groups is 1. The van der Waals surface area contributed by atoms with Crippen LogP contribution in [0.4, 0.5) is 16.2 Å². The summed E-state index contributed by atoms with van der Waals surface area (Å²) in [5, 5.41) is 21.6. The molecule has 4 rings (SSSR count). The standard InChI is InChI=1S/C27H27N3O2/c1-4-20-9-13-24(14-10-20)29-19(3)27(32,23-8-6-7-22(17-23)18-28)30(26(29)31)25-15-11-21(5-2)12-16-25/h6-17,19,32H,4-5H2,1-3H3/t19-,27?/m1/s1. The summed E-state index contributed by atoms with van der Waals surface area (Å²) in [5.74, 6) is 0. The summed E-state index contributed by atoms with van der Waals surface area (Å²) in [7, 11) is 0. The van der Waals surface area contributed by atoms with Gasteiger partial charge in [-0.25, -0.2) is 4.79 Å². The first-order chi connectivity index (χ1) is 15.4. The topological polar surface area (TPSA) is 67.6 Å². The van der Waals surface area contributed by atoms with E-state index in [0.717, 1.165) is 24.1 Å². The van der Waals surface area contributed by atoms with E-state index in [1.807, 2.05) is 55.5 Å². The van der Waals surface area contributed by atoms with Crippen molar-refractivity contribution in [2.45, 2.75) is 45.4 Å². The van der Waals surface area contributed by atoms with Crippen molar-refractivity contribution in [3.8, 4) is 6.07 Å². The number of hydrogen-bond acceptors (Lipinski definition) is 3. The fourth-order valence-corrected chi connectivity index (χ4v) is 4.39. The molecule has 1 fully saturated rings.